The van der Waals surface area contributed by atoms with Gasteiger partial charge in [-0.05, 0) is 23.9 Å². The van der Waals surface area contributed by atoms with E-state index < -0.39 is 0 Å². The van der Waals surface area contributed by atoms with Crippen LogP contribution < -0.4 is 10.6 Å². The average Bonchev–Trinajstić information content (AvgIpc) is 2.78. The van der Waals surface area contributed by atoms with Gasteiger partial charge in [-0.3, -0.25) is 0 Å². The summed E-state index contributed by atoms with van der Waals surface area (Å²) in [6, 6.07) is 5.90. The van der Waals surface area contributed by atoms with Crippen molar-refractivity contribution in [2.45, 2.75) is 6.42 Å². The molecule has 2 N–H and O–H groups in total. The van der Waals surface area contributed by atoms with E-state index in [-0.39, 0.29) is 0 Å². The second kappa shape index (κ2) is 4.94. The van der Waals surface area contributed by atoms with Gasteiger partial charge in [-0.25, -0.2) is 4.98 Å². The number of nitrogen functional groups attached to an aromatic ring is 1. The van der Waals surface area contributed by atoms with E-state index in [2.05, 4.69) is 27.5 Å². The third-order valence-electron chi connectivity index (χ3n) is 2.28. The minimum Gasteiger partial charge on any atom is -0.384 e. The van der Waals surface area contributed by atoms with Crippen LogP contribution in [0.15, 0.2) is 29.8 Å². The zero-order valence-corrected chi connectivity index (χ0v) is 9.94. The molecule has 0 fully saturated rings. The van der Waals surface area contributed by atoms with Crippen molar-refractivity contribution in [2.24, 2.45) is 0 Å². The number of nitrogens with two attached hydrogens (primary N) is 1. The maximum atomic E-state index is 5.61. The Morgan fingerprint density at radius 2 is 2.31 bits per heavy atom. The second-order valence-corrected chi connectivity index (χ2v) is 4.56. The van der Waals surface area contributed by atoms with Crippen LogP contribution in [-0.4, -0.2) is 23.6 Å². The number of rotatable bonds is 4. The van der Waals surface area contributed by atoms with Crippen molar-refractivity contribution in [3.05, 3.63) is 34.7 Å². The van der Waals surface area contributed by atoms with E-state index in [0.29, 0.717) is 11.8 Å². The van der Waals surface area contributed by atoms with Gasteiger partial charge in [-0.15, -0.1) is 11.3 Å². The molecule has 0 spiro atoms. The summed E-state index contributed by atoms with van der Waals surface area (Å²) in [5, 5.41) is 2.09. The Morgan fingerprint density at radius 3 is 3.00 bits per heavy atom. The number of anilines is 2. The molecule has 2 aromatic heterocycles. The molecule has 2 aromatic rings. The highest BCUT2D eigenvalue weighted by Crippen LogP contribution is 2.11. The maximum Gasteiger partial charge on any atom is 0.226 e. The molecule has 2 heterocycles. The van der Waals surface area contributed by atoms with Crippen molar-refractivity contribution in [3.8, 4) is 0 Å². The predicted octanol–water partition coefficient (Wildman–Crippen LogP) is 1.80. The van der Waals surface area contributed by atoms with Crippen LogP contribution >= 0.6 is 11.3 Å². The first-order valence-electron chi connectivity index (χ1n) is 5.08. The van der Waals surface area contributed by atoms with Crippen molar-refractivity contribution in [1.82, 2.24) is 9.97 Å². The molecule has 0 aliphatic heterocycles. The SMILES string of the molecule is CN(CCc1cccs1)c1nccc(N)n1. The zero-order chi connectivity index (χ0) is 11.4. The fourth-order valence-corrected chi connectivity index (χ4v) is 2.08. The van der Waals surface area contributed by atoms with E-state index in [4.69, 9.17) is 5.73 Å². The van der Waals surface area contributed by atoms with E-state index in [0.717, 1.165) is 13.0 Å². The van der Waals surface area contributed by atoms with E-state index >= 15 is 0 Å². The van der Waals surface area contributed by atoms with Crippen LogP contribution in [0.5, 0.6) is 0 Å². The lowest BCUT2D eigenvalue weighted by Gasteiger charge is -2.16. The van der Waals surface area contributed by atoms with Gasteiger partial charge >= 0.3 is 0 Å². The van der Waals surface area contributed by atoms with Crippen molar-refractivity contribution in [1.29, 1.82) is 0 Å². The predicted molar refractivity (Wildman–Crippen MR) is 67.7 cm³/mol. The molecule has 5 heteroatoms. The maximum absolute atomic E-state index is 5.61. The van der Waals surface area contributed by atoms with Crippen LogP contribution in [0.3, 0.4) is 0 Å². The molecule has 16 heavy (non-hydrogen) atoms. The normalized spacial score (nSPS) is 10.3. The first kappa shape index (κ1) is 10.9. The molecule has 0 bridgehead atoms. The third kappa shape index (κ3) is 2.70. The highest BCUT2D eigenvalue weighted by molar-refractivity contribution is 7.09. The molecule has 0 aromatic carbocycles. The van der Waals surface area contributed by atoms with Crippen molar-refractivity contribution in [2.75, 3.05) is 24.2 Å². The highest BCUT2D eigenvalue weighted by atomic mass is 32.1. The van der Waals surface area contributed by atoms with Crippen LogP contribution in [0.4, 0.5) is 11.8 Å². The van der Waals surface area contributed by atoms with Gasteiger partial charge in [0.15, 0.2) is 0 Å². The Hall–Kier alpha value is -1.62. The minimum atomic E-state index is 0.507. The Morgan fingerprint density at radius 1 is 1.44 bits per heavy atom. The van der Waals surface area contributed by atoms with E-state index in [1.54, 1.807) is 23.6 Å². The lowest BCUT2D eigenvalue weighted by Crippen LogP contribution is -2.22. The Labute approximate surface area is 98.8 Å². The molecule has 0 saturated heterocycles. The van der Waals surface area contributed by atoms with Crippen molar-refractivity contribution >= 4 is 23.1 Å². The van der Waals surface area contributed by atoms with Gasteiger partial charge in [0.25, 0.3) is 0 Å². The second-order valence-electron chi connectivity index (χ2n) is 3.53. The molecular weight excluding hydrogens is 220 g/mol. The lowest BCUT2D eigenvalue weighted by atomic mass is 10.3. The molecule has 0 unspecified atom stereocenters. The Kier molecular flexibility index (Phi) is 3.36. The van der Waals surface area contributed by atoms with Crippen molar-refractivity contribution < 1.29 is 0 Å². The van der Waals surface area contributed by atoms with Crippen LogP contribution in [0.1, 0.15) is 4.88 Å². The molecule has 2 rings (SSSR count). The van der Waals surface area contributed by atoms with Crippen LogP contribution in [0.2, 0.25) is 0 Å². The number of thiophene rings is 1. The topological polar surface area (TPSA) is 55.0 Å². The molecule has 0 aliphatic rings. The number of nitrogens with zero attached hydrogens (tertiary/aromatic N) is 3. The first-order valence-corrected chi connectivity index (χ1v) is 5.96. The van der Waals surface area contributed by atoms with Crippen LogP contribution in [0.25, 0.3) is 0 Å². The quantitative estimate of drug-likeness (QED) is 0.876. The van der Waals surface area contributed by atoms with Gasteiger partial charge in [-0.2, -0.15) is 4.98 Å². The Bertz CT molecular complexity index is 441. The summed E-state index contributed by atoms with van der Waals surface area (Å²) >= 11 is 1.77. The minimum absolute atomic E-state index is 0.507. The van der Waals surface area contributed by atoms with E-state index in [1.807, 2.05) is 11.9 Å². The first-order chi connectivity index (χ1) is 7.75. The smallest absolute Gasteiger partial charge is 0.226 e. The lowest BCUT2D eigenvalue weighted by molar-refractivity contribution is 0.847. The van der Waals surface area contributed by atoms with Gasteiger partial charge < -0.3 is 10.6 Å². The summed E-state index contributed by atoms with van der Waals surface area (Å²) in [6.07, 6.45) is 2.69. The fraction of sp³-hybridized carbons (Fsp3) is 0.273. The molecule has 0 atom stereocenters. The largest absolute Gasteiger partial charge is 0.384 e. The molecule has 4 nitrogen and oxygen atoms in total. The van der Waals surface area contributed by atoms with Gasteiger partial charge in [0.2, 0.25) is 5.95 Å². The van der Waals surface area contributed by atoms with Crippen LogP contribution in [-0.2, 0) is 6.42 Å². The van der Waals surface area contributed by atoms with E-state index in [9.17, 15) is 0 Å². The van der Waals surface area contributed by atoms with Crippen LogP contribution in [0, 0.1) is 0 Å². The molecule has 84 valence electrons. The summed E-state index contributed by atoms with van der Waals surface area (Å²) in [7, 11) is 1.97. The number of aromatic nitrogens is 2. The molecular formula is C11H14N4S. The average molecular weight is 234 g/mol. The molecule has 0 amide bonds. The zero-order valence-electron chi connectivity index (χ0n) is 9.13. The summed E-state index contributed by atoms with van der Waals surface area (Å²) < 4.78 is 0. The standard InChI is InChI=1S/C11H14N4S/c1-15(7-5-9-3-2-8-16-9)11-13-6-4-10(12)14-11/h2-4,6,8H,5,7H2,1H3,(H2,12,13,14). The van der Waals surface area contributed by atoms with Crippen molar-refractivity contribution in [3.63, 3.8) is 0 Å². The fourth-order valence-electron chi connectivity index (χ4n) is 1.38. The molecule has 0 saturated carbocycles. The highest BCUT2D eigenvalue weighted by Gasteiger charge is 2.04. The monoisotopic (exact) mass is 234 g/mol. The summed E-state index contributed by atoms with van der Waals surface area (Å²) in [5.41, 5.74) is 5.61. The van der Waals surface area contributed by atoms with Gasteiger partial charge in [-0.1, -0.05) is 6.07 Å². The molecule has 0 aliphatic carbocycles. The number of hydrogen-bond donors (Lipinski definition) is 1. The van der Waals surface area contributed by atoms with E-state index in [1.165, 1.54) is 4.88 Å². The summed E-state index contributed by atoms with van der Waals surface area (Å²) in [4.78, 5) is 11.7. The van der Waals surface area contributed by atoms with Gasteiger partial charge in [0.05, 0.1) is 0 Å². The summed E-state index contributed by atoms with van der Waals surface area (Å²) in [6.45, 7) is 0.893. The third-order valence-corrected chi connectivity index (χ3v) is 3.22. The van der Waals surface area contributed by atoms with Gasteiger partial charge in [0.1, 0.15) is 5.82 Å². The Balaban J connectivity index is 1.95. The summed E-state index contributed by atoms with van der Waals surface area (Å²) in [5.74, 6) is 1.18. The number of hydrogen-bond acceptors (Lipinski definition) is 5. The molecule has 0 radical (unpaired) electrons. The number of likely N-dealkylation sites (N-methyl/N-ethyl adjacent to an activating group) is 1. The van der Waals surface area contributed by atoms with Gasteiger partial charge in [0, 0.05) is 24.7 Å².